The molecule has 0 saturated carbocycles. The number of nitrogens with zero attached hydrogens (tertiary/aromatic N) is 3. The zero-order valence-electron chi connectivity index (χ0n) is 17.6. The van der Waals surface area contributed by atoms with Crippen LogP contribution in [0.2, 0.25) is 0 Å². The van der Waals surface area contributed by atoms with Crippen molar-refractivity contribution in [3.05, 3.63) is 75.5 Å². The summed E-state index contributed by atoms with van der Waals surface area (Å²) in [6, 6.07) is 7.20. The average molecular weight is 455 g/mol. The van der Waals surface area contributed by atoms with E-state index < -0.39 is 15.8 Å². The fourth-order valence-electron chi connectivity index (χ4n) is 3.38. The predicted octanol–water partition coefficient (Wildman–Crippen LogP) is 2.54. The molecule has 4 rings (SSSR count). The summed E-state index contributed by atoms with van der Waals surface area (Å²) >= 11 is 0. The molecule has 3 N–H and O–H groups in total. The van der Waals surface area contributed by atoms with E-state index in [-0.39, 0.29) is 12.2 Å². The van der Waals surface area contributed by atoms with Gasteiger partial charge in [-0.2, -0.15) is 8.42 Å². The Labute approximate surface area is 183 Å². The molecule has 0 atom stereocenters. The largest absolute Gasteiger partial charge is 0.425 e. The zero-order valence-corrected chi connectivity index (χ0v) is 18.4. The fourth-order valence-corrected chi connectivity index (χ4v) is 3.78. The van der Waals surface area contributed by atoms with Crippen LogP contribution in [-0.2, 0) is 23.7 Å². The van der Waals surface area contributed by atoms with Crippen LogP contribution in [0.4, 0.5) is 5.82 Å². The number of pyridine rings is 1. The van der Waals surface area contributed by atoms with Crippen LogP contribution in [0.5, 0.6) is 11.8 Å². The number of benzene rings is 1. The van der Waals surface area contributed by atoms with Crippen LogP contribution in [0.25, 0.3) is 11.0 Å². The van der Waals surface area contributed by atoms with Crippen LogP contribution in [0.15, 0.2) is 52.1 Å². The number of rotatable bonds is 6. The van der Waals surface area contributed by atoms with Crippen LogP contribution in [0.1, 0.15) is 22.3 Å². The van der Waals surface area contributed by atoms with Gasteiger partial charge >= 0.3 is 11.6 Å². The van der Waals surface area contributed by atoms with Crippen molar-refractivity contribution in [3.63, 3.8) is 0 Å². The highest BCUT2D eigenvalue weighted by Gasteiger charge is 2.16. The molecule has 166 valence electrons. The minimum absolute atomic E-state index is 0.0692. The third-order valence-corrected chi connectivity index (χ3v) is 5.51. The van der Waals surface area contributed by atoms with Gasteiger partial charge in [0.15, 0.2) is 0 Å². The van der Waals surface area contributed by atoms with Crippen molar-refractivity contribution in [2.75, 3.05) is 4.72 Å². The first-order valence-electron chi connectivity index (χ1n) is 9.58. The number of nitrogens with one attached hydrogen (secondary N) is 1. The molecule has 1 aromatic carbocycles. The van der Waals surface area contributed by atoms with Crippen LogP contribution in [0.3, 0.4) is 0 Å². The van der Waals surface area contributed by atoms with E-state index in [1.807, 2.05) is 27.0 Å². The highest BCUT2D eigenvalue weighted by atomic mass is 32.2. The summed E-state index contributed by atoms with van der Waals surface area (Å²) in [5.74, 6) is 0.606. The summed E-state index contributed by atoms with van der Waals surface area (Å²) in [5, 5.41) is 5.78. The molecule has 3 heterocycles. The number of hydrogen-bond acceptors (Lipinski definition) is 7. The summed E-state index contributed by atoms with van der Waals surface area (Å²) in [6.07, 6.45) is 5.07. The molecular formula is C21H21N5O5S. The molecule has 0 aliphatic rings. The van der Waals surface area contributed by atoms with E-state index >= 15 is 0 Å². The monoisotopic (exact) mass is 455 g/mol. The second-order valence-corrected chi connectivity index (χ2v) is 8.70. The van der Waals surface area contributed by atoms with Gasteiger partial charge in [-0.25, -0.2) is 19.9 Å². The number of aryl methyl sites for hydroxylation is 3. The molecule has 32 heavy (non-hydrogen) atoms. The maximum atomic E-state index is 12.8. The summed E-state index contributed by atoms with van der Waals surface area (Å²) in [6.45, 7) is 3.74. The molecule has 3 aromatic heterocycles. The van der Waals surface area contributed by atoms with Gasteiger partial charge in [-0.3, -0.25) is 4.72 Å². The molecular weight excluding hydrogens is 434 g/mol. The van der Waals surface area contributed by atoms with Crippen molar-refractivity contribution >= 4 is 27.0 Å². The molecule has 11 heteroatoms. The van der Waals surface area contributed by atoms with Crippen LogP contribution in [0, 0.1) is 13.8 Å². The number of hydrogen-bond donors (Lipinski definition) is 2. The Bertz CT molecular complexity index is 1490. The second-order valence-electron chi connectivity index (χ2n) is 7.40. The van der Waals surface area contributed by atoms with E-state index in [4.69, 9.17) is 14.3 Å². The third-order valence-electron chi connectivity index (χ3n) is 5.01. The van der Waals surface area contributed by atoms with Gasteiger partial charge in [0.1, 0.15) is 17.2 Å². The molecule has 0 aliphatic carbocycles. The maximum Gasteiger partial charge on any atom is 0.340 e. The van der Waals surface area contributed by atoms with Gasteiger partial charge in [-0.05, 0) is 48.7 Å². The van der Waals surface area contributed by atoms with Crippen molar-refractivity contribution in [2.24, 2.45) is 12.2 Å². The lowest BCUT2D eigenvalue weighted by Crippen LogP contribution is -2.22. The molecule has 4 aromatic rings. The average Bonchev–Trinajstić information content (AvgIpc) is 3.10. The number of ether oxygens (including phenoxy) is 1. The van der Waals surface area contributed by atoms with E-state index in [1.165, 1.54) is 12.3 Å². The zero-order chi connectivity index (χ0) is 23.0. The summed E-state index contributed by atoms with van der Waals surface area (Å²) in [7, 11) is -2.14. The van der Waals surface area contributed by atoms with Crippen molar-refractivity contribution in [1.82, 2.24) is 14.5 Å². The quantitative estimate of drug-likeness (QED) is 0.425. The van der Waals surface area contributed by atoms with E-state index in [9.17, 15) is 13.2 Å². The molecule has 0 radical (unpaired) electrons. The van der Waals surface area contributed by atoms with Gasteiger partial charge in [-0.15, -0.1) is 0 Å². The second kappa shape index (κ2) is 8.09. The maximum absolute atomic E-state index is 12.8. The topological polar surface area (TPSA) is 142 Å². The Morgan fingerprint density at radius 2 is 1.97 bits per heavy atom. The van der Waals surface area contributed by atoms with Crippen molar-refractivity contribution in [2.45, 2.75) is 20.3 Å². The van der Waals surface area contributed by atoms with Gasteiger partial charge in [-0.1, -0.05) is 0 Å². The normalized spacial score (nSPS) is 11.6. The number of imidazole rings is 1. The molecule has 0 spiro atoms. The molecule has 10 nitrogen and oxygen atoms in total. The standard InChI is InChI=1S/C21H21N5O5S/c1-12-8-15-13(2)16(9-14-4-5-23-19(10-14)25-32(22,28)29)20(27)30-18(15)11-17(12)31-21-24-6-7-26(21)3/h4-8,10-11H,9H2,1-3H3,(H,23,25)(H2,22,28,29). The number of aromatic nitrogens is 3. The van der Waals surface area contributed by atoms with E-state index in [1.54, 1.807) is 29.1 Å². The first kappa shape index (κ1) is 21.5. The molecule has 0 aliphatic heterocycles. The Morgan fingerprint density at radius 3 is 2.66 bits per heavy atom. The van der Waals surface area contributed by atoms with Gasteiger partial charge in [0.2, 0.25) is 0 Å². The Morgan fingerprint density at radius 1 is 1.19 bits per heavy atom. The molecule has 0 fully saturated rings. The lowest BCUT2D eigenvalue weighted by atomic mass is 9.99. The SMILES string of the molecule is Cc1cc2c(C)c(Cc3ccnc(NS(N)(=O)=O)c3)c(=O)oc2cc1Oc1nccn1C. The summed E-state index contributed by atoms with van der Waals surface area (Å²) in [4.78, 5) is 20.8. The minimum atomic E-state index is -3.95. The highest BCUT2D eigenvalue weighted by molar-refractivity contribution is 7.90. The summed E-state index contributed by atoms with van der Waals surface area (Å²) < 4.78 is 37.8. The van der Waals surface area contributed by atoms with Crippen LogP contribution < -0.4 is 20.2 Å². The third kappa shape index (κ3) is 4.48. The molecule has 0 unspecified atom stereocenters. The predicted molar refractivity (Wildman–Crippen MR) is 119 cm³/mol. The molecule has 0 saturated heterocycles. The first-order valence-corrected chi connectivity index (χ1v) is 11.1. The Balaban J connectivity index is 1.71. The van der Waals surface area contributed by atoms with E-state index in [0.717, 1.165) is 16.5 Å². The summed E-state index contributed by atoms with van der Waals surface area (Å²) in [5.41, 5.74) is 2.67. The minimum Gasteiger partial charge on any atom is -0.425 e. The Kier molecular flexibility index (Phi) is 5.45. The van der Waals surface area contributed by atoms with Crippen molar-refractivity contribution in [3.8, 4) is 11.8 Å². The van der Waals surface area contributed by atoms with Crippen LogP contribution >= 0.6 is 0 Å². The van der Waals surface area contributed by atoms with E-state index in [0.29, 0.717) is 28.5 Å². The number of nitrogens with two attached hydrogens (primary N) is 1. The smallest absolute Gasteiger partial charge is 0.340 e. The van der Waals surface area contributed by atoms with Crippen molar-refractivity contribution < 1.29 is 17.6 Å². The van der Waals surface area contributed by atoms with Gasteiger partial charge < -0.3 is 13.7 Å². The van der Waals surface area contributed by atoms with Gasteiger partial charge in [0.25, 0.3) is 10.2 Å². The number of anilines is 1. The van der Waals surface area contributed by atoms with Crippen molar-refractivity contribution in [1.29, 1.82) is 0 Å². The highest BCUT2D eigenvalue weighted by Crippen LogP contribution is 2.31. The van der Waals surface area contributed by atoms with E-state index in [2.05, 4.69) is 14.7 Å². The van der Waals surface area contributed by atoms with Crippen LogP contribution in [-0.4, -0.2) is 23.0 Å². The number of fused-ring (bicyclic) bond motifs is 1. The lowest BCUT2D eigenvalue weighted by Gasteiger charge is -2.12. The fraction of sp³-hybridized carbons (Fsp3) is 0.190. The van der Waals surface area contributed by atoms with Gasteiger partial charge in [0.05, 0.1) is 0 Å². The molecule has 0 amide bonds. The first-order chi connectivity index (χ1) is 15.1. The lowest BCUT2D eigenvalue weighted by molar-refractivity contribution is 0.421. The Hall–Kier alpha value is -3.70. The molecule has 0 bridgehead atoms. The van der Waals surface area contributed by atoms with Gasteiger partial charge in [0, 0.05) is 49.1 Å².